The summed E-state index contributed by atoms with van der Waals surface area (Å²) in [4.78, 5) is 63.9. The molecule has 0 aromatic heterocycles. The van der Waals surface area contributed by atoms with Crippen molar-refractivity contribution in [3.63, 3.8) is 0 Å². The lowest BCUT2D eigenvalue weighted by atomic mass is 10.2. The Morgan fingerprint density at radius 2 is 0.974 bits per heavy atom. The molecule has 2 aromatic rings. The second kappa shape index (κ2) is 13.6. The highest BCUT2D eigenvalue weighted by molar-refractivity contribution is 5.73. The molecule has 0 spiro atoms. The SMILES string of the molecule is O=C(NCCCCCCNC(=O)Oc1ccc([N+](=O)[O-])cc1[N+](=O)[O-])Oc1ccc([N+](=O)[O-])cc1[N+](=O)[O-]. The van der Waals surface area contributed by atoms with Crippen LogP contribution in [0.2, 0.25) is 0 Å². The smallest absolute Gasteiger partial charge is 0.403 e. The molecule has 2 rings (SSSR count). The minimum absolute atomic E-state index is 0.166. The molecule has 18 heteroatoms. The summed E-state index contributed by atoms with van der Waals surface area (Å²) >= 11 is 0. The van der Waals surface area contributed by atoms with Crippen molar-refractivity contribution in [2.45, 2.75) is 25.7 Å². The summed E-state index contributed by atoms with van der Waals surface area (Å²) in [6.07, 6.45) is 0.261. The summed E-state index contributed by atoms with van der Waals surface area (Å²) in [5.74, 6) is -0.898. The zero-order chi connectivity index (χ0) is 28.2. The molecular formula is C20H20N6O12. The fourth-order valence-corrected chi connectivity index (χ4v) is 2.95. The van der Waals surface area contributed by atoms with Gasteiger partial charge >= 0.3 is 23.6 Å². The number of nitrogens with one attached hydrogen (secondary N) is 2. The predicted molar refractivity (Wildman–Crippen MR) is 126 cm³/mol. The van der Waals surface area contributed by atoms with Gasteiger partial charge in [-0.2, -0.15) is 0 Å². The summed E-state index contributed by atoms with van der Waals surface area (Å²) in [6.45, 7) is 0.331. The number of carbonyl (C=O) groups is 2. The van der Waals surface area contributed by atoms with Gasteiger partial charge in [0.25, 0.3) is 11.4 Å². The van der Waals surface area contributed by atoms with Gasteiger partial charge in [0.05, 0.1) is 31.8 Å². The van der Waals surface area contributed by atoms with Gasteiger partial charge in [0.1, 0.15) is 0 Å². The van der Waals surface area contributed by atoms with Gasteiger partial charge in [-0.15, -0.1) is 0 Å². The molecule has 0 aliphatic carbocycles. The van der Waals surface area contributed by atoms with Gasteiger partial charge in [-0.25, -0.2) is 9.59 Å². The number of hydrogen-bond donors (Lipinski definition) is 2. The van der Waals surface area contributed by atoms with Crippen LogP contribution in [-0.4, -0.2) is 45.0 Å². The van der Waals surface area contributed by atoms with Crippen molar-refractivity contribution < 1.29 is 38.8 Å². The number of nitrogens with zero attached hydrogens (tertiary/aromatic N) is 4. The monoisotopic (exact) mass is 536 g/mol. The van der Waals surface area contributed by atoms with Crippen molar-refractivity contribution in [3.8, 4) is 11.5 Å². The number of rotatable bonds is 13. The molecule has 2 N–H and O–H groups in total. The van der Waals surface area contributed by atoms with Crippen LogP contribution in [0.4, 0.5) is 32.3 Å². The molecule has 0 aliphatic rings. The minimum Gasteiger partial charge on any atom is -0.403 e. The van der Waals surface area contributed by atoms with Gasteiger partial charge < -0.3 is 20.1 Å². The molecule has 0 bridgehead atoms. The Labute approximate surface area is 212 Å². The molecule has 0 saturated carbocycles. The Bertz CT molecular complexity index is 1160. The molecule has 2 amide bonds. The molecule has 0 fully saturated rings. The Morgan fingerprint density at radius 3 is 1.29 bits per heavy atom. The summed E-state index contributed by atoms with van der Waals surface area (Å²) in [6, 6.07) is 5.19. The van der Waals surface area contributed by atoms with E-state index < -0.39 is 66.1 Å². The van der Waals surface area contributed by atoms with Gasteiger partial charge in [-0.1, -0.05) is 12.8 Å². The van der Waals surface area contributed by atoms with Crippen LogP contribution in [-0.2, 0) is 0 Å². The lowest BCUT2D eigenvalue weighted by molar-refractivity contribution is -0.394. The van der Waals surface area contributed by atoms with E-state index >= 15 is 0 Å². The summed E-state index contributed by atoms with van der Waals surface area (Å²) < 4.78 is 9.70. The number of nitro groups is 4. The Balaban J connectivity index is 1.67. The standard InChI is InChI=1S/C20H20N6O12/c27-19(37-17-7-5-13(23(29)30)11-15(17)25(33)34)21-9-3-1-2-4-10-22-20(28)38-18-8-6-14(24(31)32)12-16(18)26(35)36/h5-8,11-12H,1-4,9-10H2,(H,21,27)(H,22,28). The molecular weight excluding hydrogens is 516 g/mol. The Kier molecular flexibility index (Phi) is 10.3. The molecule has 0 unspecified atom stereocenters. The second-order valence-corrected chi connectivity index (χ2v) is 7.38. The third-order valence-corrected chi connectivity index (χ3v) is 4.75. The van der Waals surface area contributed by atoms with Gasteiger partial charge in [-0.3, -0.25) is 40.5 Å². The first kappa shape index (κ1) is 28.8. The summed E-state index contributed by atoms with van der Waals surface area (Å²) in [7, 11) is 0. The molecule has 202 valence electrons. The van der Waals surface area contributed by atoms with Crippen LogP contribution in [0.25, 0.3) is 0 Å². The number of hydrogen-bond acceptors (Lipinski definition) is 12. The zero-order valence-corrected chi connectivity index (χ0v) is 19.4. The average molecular weight is 536 g/mol. The highest BCUT2D eigenvalue weighted by atomic mass is 16.6. The minimum atomic E-state index is -0.980. The number of nitro benzene ring substituents is 4. The van der Waals surface area contributed by atoms with Crippen molar-refractivity contribution >= 4 is 34.9 Å². The van der Waals surface area contributed by atoms with E-state index in [1.807, 2.05) is 0 Å². The quantitative estimate of drug-likeness (QED) is 0.211. The highest BCUT2D eigenvalue weighted by Crippen LogP contribution is 2.32. The number of amides is 2. The van der Waals surface area contributed by atoms with E-state index in [2.05, 4.69) is 10.6 Å². The maximum atomic E-state index is 11.9. The van der Waals surface area contributed by atoms with E-state index in [0.29, 0.717) is 37.8 Å². The molecule has 0 radical (unpaired) electrons. The molecule has 0 heterocycles. The lowest BCUT2D eigenvalue weighted by Gasteiger charge is -2.08. The Hall–Kier alpha value is -5.42. The van der Waals surface area contributed by atoms with Crippen molar-refractivity contribution in [1.82, 2.24) is 10.6 Å². The van der Waals surface area contributed by atoms with Gasteiger partial charge in [0.2, 0.25) is 11.5 Å². The number of non-ortho nitro benzene ring substituents is 2. The molecule has 18 nitrogen and oxygen atoms in total. The van der Waals surface area contributed by atoms with Crippen LogP contribution in [0.15, 0.2) is 36.4 Å². The van der Waals surface area contributed by atoms with E-state index in [-0.39, 0.29) is 13.1 Å². The number of ether oxygens (including phenoxy) is 2. The molecule has 0 saturated heterocycles. The molecule has 38 heavy (non-hydrogen) atoms. The number of carbonyl (C=O) groups excluding carboxylic acids is 2. The van der Waals surface area contributed by atoms with E-state index in [4.69, 9.17) is 9.47 Å². The average Bonchev–Trinajstić information content (AvgIpc) is 2.85. The van der Waals surface area contributed by atoms with Crippen molar-refractivity contribution in [3.05, 3.63) is 76.9 Å². The van der Waals surface area contributed by atoms with E-state index in [1.54, 1.807) is 0 Å². The second-order valence-electron chi connectivity index (χ2n) is 7.38. The highest BCUT2D eigenvalue weighted by Gasteiger charge is 2.23. The maximum absolute atomic E-state index is 11.9. The normalized spacial score (nSPS) is 10.2. The first-order chi connectivity index (χ1) is 18.0. The van der Waals surface area contributed by atoms with E-state index in [9.17, 15) is 50.0 Å². The topological polar surface area (TPSA) is 249 Å². The van der Waals surface area contributed by atoms with Crippen molar-refractivity contribution in [2.24, 2.45) is 0 Å². The molecule has 0 aliphatic heterocycles. The predicted octanol–water partition coefficient (Wildman–Crippen LogP) is 3.76. The van der Waals surface area contributed by atoms with E-state index in [0.717, 1.165) is 24.3 Å². The summed E-state index contributed by atoms with van der Waals surface area (Å²) in [5.41, 5.74) is -2.52. The largest absolute Gasteiger partial charge is 0.412 e. The third kappa shape index (κ3) is 8.66. The Morgan fingerprint density at radius 1 is 0.605 bits per heavy atom. The van der Waals surface area contributed by atoms with Crippen LogP contribution >= 0.6 is 0 Å². The van der Waals surface area contributed by atoms with Crippen LogP contribution in [0.5, 0.6) is 11.5 Å². The van der Waals surface area contributed by atoms with Crippen LogP contribution in [0.3, 0.4) is 0 Å². The van der Waals surface area contributed by atoms with Crippen LogP contribution in [0.1, 0.15) is 25.7 Å². The summed E-state index contributed by atoms with van der Waals surface area (Å²) in [5, 5.41) is 48.4. The van der Waals surface area contributed by atoms with Crippen molar-refractivity contribution in [2.75, 3.05) is 13.1 Å². The first-order valence-corrected chi connectivity index (χ1v) is 10.8. The fourth-order valence-electron chi connectivity index (χ4n) is 2.95. The number of unbranched alkanes of at least 4 members (excludes halogenated alkanes) is 3. The van der Waals surface area contributed by atoms with E-state index in [1.165, 1.54) is 0 Å². The zero-order valence-electron chi connectivity index (χ0n) is 19.4. The van der Waals surface area contributed by atoms with Gasteiger partial charge in [0.15, 0.2) is 0 Å². The van der Waals surface area contributed by atoms with Crippen LogP contribution < -0.4 is 20.1 Å². The maximum Gasteiger partial charge on any atom is 0.412 e. The van der Waals surface area contributed by atoms with Crippen LogP contribution in [0, 0.1) is 40.5 Å². The molecule has 0 atom stereocenters. The van der Waals surface area contributed by atoms with Crippen molar-refractivity contribution in [1.29, 1.82) is 0 Å². The number of benzene rings is 2. The first-order valence-electron chi connectivity index (χ1n) is 10.8. The van der Waals surface area contributed by atoms with Gasteiger partial charge in [-0.05, 0) is 25.0 Å². The fraction of sp³-hybridized carbons (Fsp3) is 0.300. The lowest BCUT2D eigenvalue weighted by Crippen LogP contribution is -2.28. The van der Waals surface area contributed by atoms with Gasteiger partial charge in [0, 0.05) is 25.2 Å². The third-order valence-electron chi connectivity index (χ3n) is 4.75. The molecule has 2 aromatic carbocycles.